The first-order valence-corrected chi connectivity index (χ1v) is 16.5. The molecule has 5 heterocycles. The van der Waals surface area contributed by atoms with E-state index >= 15 is 0 Å². The fourth-order valence-electron chi connectivity index (χ4n) is 8.20. The zero-order chi connectivity index (χ0) is 32.9. The van der Waals surface area contributed by atoms with Crippen LogP contribution in [0.5, 0.6) is 23.0 Å². The van der Waals surface area contributed by atoms with E-state index in [9.17, 15) is 5.26 Å². The predicted molar refractivity (Wildman–Crippen MR) is 196 cm³/mol. The van der Waals surface area contributed by atoms with E-state index in [-0.39, 0.29) is 19.2 Å². The van der Waals surface area contributed by atoms with E-state index in [1.54, 1.807) is 0 Å². The highest BCUT2D eigenvalue weighted by Crippen LogP contribution is 2.42. The third-order valence-corrected chi connectivity index (χ3v) is 10.1. The summed E-state index contributed by atoms with van der Waals surface area (Å²) in [7, 11) is 0. The number of rotatable bonds is 2. The Balaban J connectivity index is 1.14. The second-order valence-electron chi connectivity index (χ2n) is 12.7. The molecule has 4 aliphatic rings. The lowest BCUT2D eigenvalue weighted by Gasteiger charge is -2.40. The molecule has 50 heavy (non-hydrogen) atoms. The van der Waals surface area contributed by atoms with Gasteiger partial charge in [-0.3, -0.25) is 9.80 Å². The lowest BCUT2D eigenvalue weighted by atomic mass is 9.34. The molecule has 0 amide bonds. The van der Waals surface area contributed by atoms with Crippen LogP contribution in [0.2, 0.25) is 0 Å². The summed E-state index contributed by atoms with van der Waals surface area (Å²) in [5.74, 6) is 3.97. The standard InChI is InChI=1S/C40H22B2N6O2/c43-23-36-44-39(47-28-15-5-1-11-24(28)41-26-13-3-7-19-32(26)49-34-21-9-17-30(47)37(34)41)46-40(45-36)48-29-16-6-2-12-25(29)42-27-14-4-8-20-33(27)50-35-22-10-18-31(48)38(35)42/h1-22H. The van der Waals surface area contributed by atoms with Crippen molar-refractivity contribution in [1.82, 2.24) is 15.0 Å². The maximum absolute atomic E-state index is 10.4. The Morgan fingerprint density at radius 2 is 0.840 bits per heavy atom. The van der Waals surface area contributed by atoms with Crippen molar-refractivity contribution in [2.24, 2.45) is 0 Å². The van der Waals surface area contributed by atoms with Crippen LogP contribution in [0.4, 0.5) is 34.6 Å². The largest absolute Gasteiger partial charge is 0.458 e. The van der Waals surface area contributed by atoms with Crippen LogP contribution < -0.4 is 52.1 Å². The number of nitriles is 1. The fourth-order valence-corrected chi connectivity index (χ4v) is 8.20. The zero-order valence-electron chi connectivity index (χ0n) is 26.4. The second-order valence-corrected chi connectivity index (χ2v) is 12.7. The number of nitrogens with zero attached hydrogens (tertiary/aromatic N) is 6. The van der Waals surface area contributed by atoms with Gasteiger partial charge in [-0.15, -0.1) is 0 Å². The maximum atomic E-state index is 10.4. The van der Waals surface area contributed by atoms with E-state index in [1.165, 1.54) is 0 Å². The Morgan fingerprint density at radius 3 is 1.32 bits per heavy atom. The molecule has 0 saturated heterocycles. The molecule has 0 saturated carbocycles. The molecule has 8 nitrogen and oxygen atoms in total. The first-order chi connectivity index (χ1) is 24.8. The number of benzene rings is 6. The summed E-state index contributed by atoms with van der Waals surface area (Å²) in [6.45, 7) is -0.0834. The third kappa shape index (κ3) is 3.63. The average molecular weight is 640 g/mol. The summed E-state index contributed by atoms with van der Waals surface area (Å²) < 4.78 is 13.0. The minimum absolute atomic E-state index is 0.0157. The Morgan fingerprint density at radius 1 is 0.440 bits per heavy atom. The normalized spacial score (nSPS) is 13.7. The van der Waals surface area contributed by atoms with E-state index in [0.29, 0.717) is 11.9 Å². The molecule has 0 N–H and O–H groups in total. The van der Waals surface area contributed by atoms with Gasteiger partial charge in [0.15, 0.2) is 0 Å². The third-order valence-electron chi connectivity index (χ3n) is 10.1. The highest BCUT2D eigenvalue weighted by Gasteiger charge is 2.44. The average Bonchev–Trinajstić information content (AvgIpc) is 3.17. The Hall–Kier alpha value is -6.85. The molecule has 11 rings (SSSR count). The van der Waals surface area contributed by atoms with Crippen molar-refractivity contribution in [2.75, 3.05) is 9.80 Å². The molecule has 7 aromatic rings. The molecule has 4 aliphatic heterocycles. The number of ether oxygens (including phenoxy) is 2. The minimum atomic E-state index is -0.0417. The molecule has 0 fully saturated rings. The van der Waals surface area contributed by atoms with Gasteiger partial charge < -0.3 is 9.47 Å². The van der Waals surface area contributed by atoms with Crippen LogP contribution in [-0.4, -0.2) is 28.4 Å². The van der Waals surface area contributed by atoms with Gasteiger partial charge in [-0.2, -0.15) is 20.2 Å². The van der Waals surface area contributed by atoms with Gasteiger partial charge in [-0.1, -0.05) is 84.9 Å². The van der Waals surface area contributed by atoms with Crippen molar-refractivity contribution in [3.8, 4) is 29.1 Å². The van der Waals surface area contributed by atoms with E-state index in [4.69, 9.17) is 24.4 Å². The smallest absolute Gasteiger partial charge is 0.256 e. The first kappa shape index (κ1) is 27.1. The van der Waals surface area contributed by atoms with Gasteiger partial charge in [0, 0.05) is 22.7 Å². The number of hydrogen-bond donors (Lipinski definition) is 0. The molecule has 10 heteroatoms. The molecule has 0 atom stereocenters. The molecule has 0 bridgehead atoms. The highest BCUT2D eigenvalue weighted by molar-refractivity contribution is 7.00. The van der Waals surface area contributed by atoms with Crippen molar-refractivity contribution < 1.29 is 9.47 Å². The zero-order valence-corrected chi connectivity index (χ0v) is 26.4. The van der Waals surface area contributed by atoms with Crippen LogP contribution in [0.3, 0.4) is 0 Å². The van der Waals surface area contributed by atoms with E-state index in [0.717, 1.165) is 78.5 Å². The molecule has 0 radical (unpaired) electrons. The van der Waals surface area contributed by atoms with Crippen molar-refractivity contribution in [3.05, 3.63) is 139 Å². The summed E-state index contributed by atoms with van der Waals surface area (Å²) in [6.07, 6.45) is 0. The van der Waals surface area contributed by atoms with Gasteiger partial charge in [0.05, 0.1) is 0 Å². The Bertz CT molecular complexity index is 2470. The molecular formula is C40H22B2N6O2. The van der Waals surface area contributed by atoms with Crippen LogP contribution in [0, 0.1) is 11.3 Å². The molecule has 0 unspecified atom stereocenters. The second kappa shape index (κ2) is 10.1. The van der Waals surface area contributed by atoms with Gasteiger partial charge >= 0.3 is 0 Å². The quantitative estimate of drug-likeness (QED) is 0.255. The molecule has 0 aliphatic carbocycles. The summed E-state index contributed by atoms with van der Waals surface area (Å²) in [4.78, 5) is 18.8. The van der Waals surface area contributed by atoms with Crippen molar-refractivity contribution in [3.63, 3.8) is 0 Å². The lowest BCUT2D eigenvalue weighted by Crippen LogP contribution is -2.59. The van der Waals surface area contributed by atoms with Gasteiger partial charge in [0.1, 0.15) is 29.1 Å². The van der Waals surface area contributed by atoms with E-state index in [2.05, 4.69) is 78.9 Å². The number of para-hydroxylation sites is 4. The van der Waals surface area contributed by atoms with Gasteiger partial charge in [0.25, 0.3) is 13.4 Å². The lowest BCUT2D eigenvalue weighted by molar-refractivity contribution is 0.487. The minimum Gasteiger partial charge on any atom is -0.458 e. The number of aromatic nitrogens is 3. The van der Waals surface area contributed by atoms with Crippen LogP contribution in [0.1, 0.15) is 5.82 Å². The molecule has 6 aromatic carbocycles. The van der Waals surface area contributed by atoms with Crippen LogP contribution >= 0.6 is 0 Å². The summed E-state index contributed by atoms with van der Waals surface area (Å²) >= 11 is 0. The highest BCUT2D eigenvalue weighted by atomic mass is 16.5. The Kier molecular flexibility index (Phi) is 5.47. The SMILES string of the molecule is N#Cc1nc(N2c3ccccc3B3c4ccccc4Oc4cccc2c43)nc(N2c3ccccc3B3c4ccccc4Oc4cccc2c43)n1. The van der Waals surface area contributed by atoms with Gasteiger partial charge in [0.2, 0.25) is 17.7 Å². The van der Waals surface area contributed by atoms with Gasteiger partial charge in [-0.05, 0) is 81.3 Å². The fraction of sp³-hybridized carbons (Fsp3) is 0. The topological polar surface area (TPSA) is 87.4 Å². The number of fused-ring (bicyclic) bond motifs is 8. The monoisotopic (exact) mass is 640 g/mol. The van der Waals surface area contributed by atoms with Crippen LogP contribution in [0.15, 0.2) is 133 Å². The predicted octanol–water partition coefficient (Wildman–Crippen LogP) is 4.55. The van der Waals surface area contributed by atoms with Crippen molar-refractivity contribution >= 4 is 80.8 Å². The van der Waals surface area contributed by atoms with Crippen molar-refractivity contribution in [1.29, 1.82) is 5.26 Å². The molecule has 230 valence electrons. The van der Waals surface area contributed by atoms with Crippen LogP contribution in [-0.2, 0) is 0 Å². The summed E-state index contributed by atoms with van der Waals surface area (Å²) in [5, 5.41) is 10.4. The number of hydrogen-bond acceptors (Lipinski definition) is 8. The molecule has 0 spiro atoms. The van der Waals surface area contributed by atoms with E-state index < -0.39 is 0 Å². The molecule has 1 aromatic heterocycles. The van der Waals surface area contributed by atoms with E-state index in [1.807, 2.05) is 70.5 Å². The maximum Gasteiger partial charge on any atom is 0.256 e. The summed E-state index contributed by atoms with van der Waals surface area (Å²) in [5.41, 5.74) is 10.1. The Labute approximate surface area is 288 Å². The molecular weight excluding hydrogens is 618 g/mol. The first-order valence-electron chi connectivity index (χ1n) is 16.5. The summed E-state index contributed by atoms with van der Waals surface area (Å²) in [6, 6.07) is 47.4. The van der Waals surface area contributed by atoms with Crippen molar-refractivity contribution in [2.45, 2.75) is 0 Å². The number of anilines is 6. The van der Waals surface area contributed by atoms with Gasteiger partial charge in [-0.25, -0.2) is 0 Å². The van der Waals surface area contributed by atoms with Crippen LogP contribution in [0.25, 0.3) is 0 Å².